The summed E-state index contributed by atoms with van der Waals surface area (Å²) in [5.41, 5.74) is -0.173. The van der Waals surface area contributed by atoms with E-state index in [9.17, 15) is 0 Å². The first-order chi connectivity index (χ1) is 5.14. The molecule has 11 heavy (non-hydrogen) atoms. The van der Waals surface area contributed by atoms with Gasteiger partial charge in [-0.15, -0.1) is 0 Å². The van der Waals surface area contributed by atoms with Crippen LogP contribution < -0.4 is 0 Å². The summed E-state index contributed by atoms with van der Waals surface area (Å²) in [5, 5.41) is 3.97. The van der Waals surface area contributed by atoms with Crippen molar-refractivity contribution >= 4 is 0 Å². The van der Waals surface area contributed by atoms with Crippen LogP contribution >= 0.6 is 0 Å². The molecule has 0 aliphatic rings. The Hall–Kier alpha value is -0.900. The summed E-state index contributed by atoms with van der Waals surface area (Å²) >= 11 is 0. The van der Waals surface area contributed by atoms with Gasteiger partial charge in [0.1, 0.15) is 12.7 Å². The van der Waals surface area contributed by atoms with Crippen LogP contribution in [-0.2, 0) is 11.3 Å². The van der Waals surface area contributed by atoms with Gasteiger partial charge in [-0.2, -0.15) is 5.10 Å². The molecule has 1 rings (SSSR count). The Balaban J connectivity index is 2.56. The molecule has 0 spiro atoms. The van der Waals surface area contributed by atoms with Crippen LogP contribution in [0.25, 0.3) is 0 Å². The predicted octanol–water partition coefficient (Wildman–Crippen LogP) is 0.703. The SMILES string of the molecule is COC(C)(C)Cn1cncn1. The molecule has 4 heteroatoms. The lowest BCUT2D eigenvalue weighted by atomic mass is 10.1. The lowest BCUT2D eigenvalue weighted by molar-refractivity contribution is 0.00533. The lowest BCUT2D eigenvalue weighted by Crippen LogP contribution is -2.29. The molecule has 0 amide bonds. The highest BCUT2D eigenvalue weighted by Crippen LogP contribution is 2.08. The molecule has 62 valence electrons. The molecule has 0 fully saturated rings. The number of hydrogen-bond donors (Lipinski definition) is 0. The van der Waals surface area contributed by atoms with E-state index < -0.39 is 0 Å². The monoisotopic (exact) mass is 155 g/mol. The molecular weight excluding hydrogens is 142 g/mol. The fourth-order valence-electron chi connectivity index (χ4n) is 0.769. The first-order valence-corrected chi connectivity index (χ1v) is 3.51. The van der Waals surface area contributed by atoms with E-state index in [-0.39, 0.29) is 5.60 Å². The number of ether oxygens (including phenoxy) is 1. The molecule has 1 heterocycles. The van der Waals surface area contributed by atoms with Crippen LogP contribution in [0.5, 0.6) is 0 Å². The van der Waals surface area contributed by atoms with Gasteiger partial charge >= 0.3 is 0 Å². The smallest absolute Gasteiger partial charge is 0.137 e. The van der Waals surface area contributed by atoms with E-state index in [0.29, 0.717) is 0 Å². The molecule has 0 atom stereocenters. The first kappa shape index (κ1) is 8.20. The zero-order valence-corrected chi connectivity index (χ0v) is 7.11. The Morgan fingerprint density at radius 3 is 2.73 bits per heavy atom. The quantitative estimate of drug-likeness (QED) is 0.645. The minimum atomic E-state index is -0.173. The van der Waals surface area contributed by atoms with Gasteiger partial charge in [0.2, 0.25) is 0 Å². The Labute approximate surface area is 66.2 Å². The van der Waals surface area contributed by atoms with E-state index in [1.807, 2.05) is 13.8 Å². The molecule has 0 aromatic carbocycles. The molecule has 1 aromatic heterocycles. The lowest BCUT2D eigenvalue weighted by Gasteiger charge is -2.21. The second-order valence-corrected chi connectivity index (χ2v) is 3.06. The second-order valence-electron chi connectivity index (χ2n) is 3.06. The van der Waals surface area contributed by atoms with Crippen molar-refractivity contribution in [1.29, 1.82) is 0 Å². The average molecular weight is 155 g/mol. The maximum atomic E-state index is 5.22. The van der Waals surface area contributed by atoms with E-state index in [2.05, 4.69) is 10.1 Å². The molecule has 0 aliphatic heterocycles. The Morgan fingerprint density at radius 1 is 1.55 bits per heavy atom. The van der Waals surface area contributed by atoms with Crippen LogP contribution in [0, 0.1) is 0 Å². The third-order valence-electron chi connectivity index (χ3n) is 1.56. The minimum absolute atomic E-state index is 0.173. The standard InChI is InChI=1S/C7H13N3O/c1-7(2,11-3)4-10-6-8-5-9-10/h5-6H,4H2,1-3H3. The van der Waals surface area contributed by atoms with Crippen molar-refractivity contribution in [3.05, 3.63) is 12.7 Å². The number of aromatic nitrogens is 3. The van der Waals surface area contributed by atoms with E-state index >= 15 is 0 Å². The molecule has 0 saturated heterocycles. The average Bonchev–Trinajstić information content (AvgIpc) is 2.39. The highest BCUT2D eigenvalue weighted by molar-refractivity contribution is 4.69. The van der Waals surface area contributed by atoms with Crippen molar-refractivity contribution in [2.45, 2.75) is 26.0 Å². The van der Waals surface area contributed by atoms with Gasteiger partial charge < -0.3 is 4.74 Å². The van der Waals surface area contributed by atoms with Crippen molar-refractivity contribution in [2.75, 3.05) is 7.11 Å². The topological polar surface area (TPSA) is 39.9 Å². The highest BCUT2D eigenvalue weighted by Gasteiger charge is 2.16. The Morgan fingerprint density at radius 2 is 2.27 bits per heavy atom. The number of hydrogen-bond acceptors (Lipinski definition) is 3. The van der Waals surface area contributed by atoms with E-state index in [1.54, 1.807) is 18.1 Å². The summed E-state index contributed by atoms with van der Waals surface area (Å²) in [4.78, 5) is 3.84. The third-order valence-corrected chi connectivity index (χ3v) is 1.56. The van der Waals surface area contributed by atoms with E-state index in [4.69, 9.17) is 4.74 Å². The highest BCUT2D eigenvalue weighted by atomic mass is 16.5. The van der Waals surface area contributed by atoms with Crippen LogP contribution in [0.2, 0.25) is 0 Å². The maximum Gasteiger partial charge on any atom is 0.137 e. The summed E-state index contributed by atoms with van der Waals surface area (Å²) < 4.78 is 6.98. The zero-order chi connectivity index (χ0) is 8.32. The van der Waals surface area contributed by atoms with Crippen LogP contribution in [0.4, 0.5) is 0 Å². The molecule has 0 N–H and O–H groups in total. The minimum Gasteiger partial charge on any atom is -0.377 e. The summed E-state index contributed by atoms with van der Waals surface area (Å²) in [6, 6.07) is 0. The molecule has 0 aliphatic carbocycles. The molecular formula is C7H13N3O. The summed E-state index contributed by atoms with van der Waals surface area (Å²) in [6.45, 7) is 4.74. The molecule has 4 nitrogen and oxygen atoms in total. The van der Waals surface area contributed by atoms with Gasteiger partial charge in [-0.3, -0.25) is 4.68 Å². The van der Waals surface area contributed by atoms with Gasteiger partial charge in [0, 0.05) is 7.11 Å². The van der Waals surface area contributed by atoms with Gasteiger partial charge in [0.05, 0.1) is 12.1 Å². The van der Waals surface area contributed by atoms with Crippen LogP contribution in [0.1, 0.15) is 13.8 Å². The maximum absolute atomic E-state index is 5.22. The van der Waals surface area contributed by atoms with Crippen molar-refractivity contribution in [1.82, 2.24) is 14.8 Å². The summed E-state index contributed by atoms with van der Waals surface area (Å²) in [7, 11) is 1.69. The van der Waals surface area contributed by atoms with Gasteiger partial charge in [-0.1, -0.05) is 0 Å². The van der Waals surface area contributed by atoms with Gasteiger partial charge in [-0.05, 0) is 13.8 Å². The predicted molar refractivity (Wildman–Crippen MR) is 41.1 cm³/mol. The van der Waals surface area contributed by atoms with Crippen molar-refractivity contribution in [2.24, 2.45) is 0 Å². The Bertz CT molecular complexity index is 205. The van der Waals surface area contributed by atoms with Crippen molar-refractivity contribution in [3.63, 3.8) is 0 Å². The molecule has 0 radical (unpaired) electrons. The molecule has 0 unspecified atom stereocenters. The number of methoxy groups -OCH3 is 1. The normalized spacial score (nSPS) is 11.9. The largest absolute Gasteiger partial charge is 0.377 e. The molecule has 0 saturated carbocycles. The first-order valence-electron chi connectivity index (χ1n) is 3.51. The second kappa shape index (κ2) is 3.00. The van der Waals surface area contributed by atoms with Crippen LogP contribution in [0.15, 0.2) is 12.7 Å². The third kappa shape index (κ3) is 2.31. The fraction of sp³-hybridized carbons (Fsp3) is 0.714. The van der Waals surface area contributed by atoms with E-state index in [0.717, 1.165) is 6.54 Å². The number of rotatable bonds is 3. The van der Waals surface area contributed by atoms with Gasteiger partial charge in [0.25, 0.3) is 0 Å². The van der Waals surface area contributed by atoms with Crippen molar-refractivity contribution < 1.29 is 4.74 Å². The Kier molecular flexibility index (Phi) is 2.24. The molecule has 1 aromatic rings. The summed E-state index contributed by atoms with van der Waals surface area (Å²) in [6.07, 6.45) is 3.20. The van der Waals surface area contributed by atoms with E-state index in [1.165, 1.54) is 6.33 Å². The fourth-order valence-corrected chi connectivity index (χ4v) is 0.769. The van der Waals surface area contributed by atoms with Crippen LogP contribution in [-0.4, -0.2) is 27.5 Å². The van der Waals surface area contributed by atoms with Crippen LogP contribution in [0.3, 0.4) is 0 Å². The number of nitrogens with zero attached hydrogens (tertiary/aromatic N) is 3. The zero-order valence-electron chi connectivity index (χ0n) is 7.11. The van der Waals surface area contributed by atoms with Crippen molar-refractivity contribution in [3.8, 4) is 0 Å². The van der Waals surface area contributed by atoms with Gasteiger partial charge in [-0.25, -0.2) is 4.98 Å². The summed E-state index contributed by atoms with van der Waals surface area (Å²) in [5.74, 6) is 0. The molecule has 0 bridgehead atoms. The van der Waals surface area contributed by atoms with Gasteiger partial charge in [0.15, 0.2) is 0 Å².